The fourth-order valence-corrected chi connectivity index (χ4v) is 14.3. The van der Waals surface area contributed by atoms with Crippen LogP contribution in [0.1, 0.15) is 36.8 Å². The van der Waals surface area contributed by atoms with Gasteiger partial charge in [0, 0.05) is 57.7 Å². The number of aryl methyl sites for hydroxylation is 2. The van der Waals surface area contributed by atoms with Crippen LogP contribution in [0.5, 0.6) is 0 Å². The molecule has 0 radical (unpaired) electrons. The average molecular weight is 1230 g/mol. The van der Waals surface area contributed by atoms with Crippen molar-refractivity contribution in [3.63, 3.8) is 0 Å². The van der Waals surface area contributed by atoms with Crippen LogP contribution in [0.2, 0.25) is 0 Å². The molecule has 1 atom stereocenters. The molecule has 6 heteroatoms. The summed E-state index contributed by atoms with van der Waals surface area (Å²) in [5.41, 5.74) is 6.38. The van der Waals surface area contributed by atoms with Crippen LogP contribution in [0.15, 0.2) is 199 Å². The molecule has 1 aliphatic rings. The molecule has 0 spiro atoms. The Balaban J connectivity index is 0.000000170. The Labute approximate surface area is 413 Å². The van der Waals surface area contributed by atoms with Crippen LogP contribution in [0, 0.1) is 24.7 Å². The molecule has 2 aromatic heterocycles. The van der Waals surface area contributed by atoms with E-state index >= 15 is 0 Å². The molecule has 0 amide bonds. The van der Waals surface area contributed by atoms with Gasteiger partial charge < -0.3 is 22.0 Å². The van der Waals surface area contributed by atoms with Crippen molar-refractivity contribution in [2.24, 2.45) is 14.1 Å². The van der Waals surface area contributed by atoms with E-state index in [4.69, 9.17) is 12.8 Å². The van der Waals surface area contributed by atoms with Crippen LogP contribution in [-0.2, 0) is 58.9 Å². The molecule has 9 aromatic rings. The maximum atomic E-state index is 7.16. The van der Waals surface area contributed by atoms with Gasteiger partial charge in [-0.2, -0.15) is 0 Å². The molecular formula is C58H52Au2N2P2+2. The number of para-hydroxylation sites is 2. The van der Waals surface area contributed by atoms with Gasteiger partial charge in [0.25, 0.3) is 0 Å². The maximum absolute atomic E-state index is 7.16. The number of unbranched alkanes of at least 4 members (excludes halogenated alkanes) is 1. The van der Waals surface area contributed by atoms with Crippen molar-refractivity contribution in [1.29, 1.82) is 0 Å². The van der Waals surface area contributed by atoms with Gasteiger partial charge >= 0.3 is 44.8 Å². The molecule has 64 heavy (non-hydrogen) atoms. The summed E-state index contributed by atoms with van der Waals surface area (Å²) in [5.74, 6) is 4.85. The van der Waals surface area contributed by atoms with Crippen molar-refractivity contribution >= 4 is 75.4 Å². The van der Waals surface area contributed by atoms with Crippen molar-refractivity contribution in [2.45, 2.75) is 25.7 Å². The first-order valence-corrected chi connectivity index (χ1v) is 25.0. The van der Waals surface area contributed by atoms with Crippen LogP contribution in [0.3, 0.4) is 0 Å². The van der Waals surface area contributed by atoms with Gasteiger partial charge in [0.05, 0.1) is 49.4 Å². The molecule has 2 nitrogen and oxygen atoms in total. The van der Waals surface area contributed by atoms with E-state index in [9.17, 15) is 0 Å². The van der Waals surface area contributed by atoms with Gasteiger partial charge in [-0.05, 0) is 86.4 Å². The molecule has 2 heterocycles. The third-order valence-electron chi connectivity index (χ3n) is 11.9. The second kappa shape index (κ2) is 23.8. The summed E-state index contributed by atoms with van der Waals surface area (Å²) in [4.78, 5) is 0. The molecule has 1 aliphatic carbocycles. The smallest absolute Gasteiger partial charge is 0.366 e. The summed E-state index contributed by atoms with van der Waals surface area (Å²) in [6, 6.07) is 62.3. The standard InChI is InChI=1S/C28H30P2.2C15H10N.2Au/c1-5-15-25(16-6-1)29(26-17-7-2-8-18-26)23-13-14-24-30(27-19-9-3-10-20-27)28-21-11-4-12-22-28;2*1-3-11-8-9-13-12-6-4-5-7-14(12)16(2)15(13)10-11;;/h1-3,5-11,15-22H,4,12-14,23-24H2;2*4-10H,2H3;;/q;2*-1;2*+1/p+2. The monoisotopic (exact) mass is 1230 g/mol. The second-order valence-corrected chi connectivity index (χ2v) is 21.0. The molecule has 0 N–H and O–H groups in total. The number of hydrogen-bond donors (Lipinski definition) is 0. The molecule has 1 unspecified atom stereocenters. The van der Waals surface area contributed by atoms with Gasteiger partial charge in [0.1, 0.15) is 0 Å². The topological polar surface area (TPSA) is 9.86 Å². The van der Waals surface area contributed by atoms with E-state index in [2.05, 4.69) is 193 Å². The number of aromatic nitrogens is 2. The minimum Gasteiger partial charge on any atom is -0.366 e. The molecule has 0 saturated heterocycles. The maximum Gasteiger partial charge on any atom is 1.00 e. The van der Waals surface area contributed by atoms with Crippen molar-refractivity contribution in [1.82, 2.24) is 9.13 Å². The Bertz CT molecular complexity index is 2910. The molecule has 0 aliphatic heterocycles. The summed E-state index contributed by atoms with van der Waals surface area (Å²) >= 11 is 0. The number of nitrogens with zero attached hydrogens (tertiary/aromatic N) is 2. The number of benzene rings is 7. The molecule has 0 fully saturated rings. The second-order valence-electron chi connectivity index (χ2n) is 15.8. The van der Waals surface area contributed by atoms with Gasteiger partial charge in [0.15, 0.2) is 0 Å². The van der Waals surface area contributed by atoms with Crippen molar-refractivity contribution < 1.29 is 44.8 Å². The van der Waals surface area contributed by atoms with Crippen LogP contribution >= 0.6 is 15.8 Å². The number of fused-ring (bicyclic) bond motifs is 6. The molecule has 0 saturated carbocycles. The average Bonchev–Trinajstić information content (AvgIpc) is 3.80. The summed E-state index contributed by atoms with van der Waals surface area (Å²) in [6.07, 6.45) is 29.3. The predicted octanol–water partition coefficient (Wildman–Crippen LogP) is 12.9. The third-order valence-corrected chi connectivity index (χ3v) is 17.8. The molecule has 324 valence electrons. The minimum absolute atomic E-state index is 0. The zero-order chi connectivity index (χ0) is 42.7. The quantitative estimate of drug-likeness (QED) is 0.0448. The van der Waals surface area contributed by atoms with E-state index < -0.39 is 15.8 Å². The first-order valence-electron chi connectivity index (χ1n) is 21.6. The zero-order valence-electron chi connectivity index (χ0n) is 36.2. The zero-order valence-corrected chi connectivity index (χ0v) is 42.5. The van der Waals surface area contributed by atoms with Crippen LogP contribution in [0.25, 0.3) is 43.6 Å². The summed E-state index contributed by atoms with van der Waals surface area (Å²) in [6.45, 7) is 0. The van der Waals surface area contributed by atoms with Gasteiger partial charge in [-0.15, -0.1) is 35.4 Å². The van der Waals surface area contributed by atoms with E-state index in [0.717, 1.165) is 22.2 Å². The Morgan fingerprint density at radius 3 is 1.27 bits per heavy atom. The fraction of sp³-hybridized carbons (Fsp3) is 0.138. The number of rotatable bonds is 9. The Morgan fingerprint density at radius 2 is 0.844 bits per heavy atom. The minimum atomic E-state index is -0.703. The molecule has 7 aromatic carbocycles. The normalized spacial score (nSPS) is 12.2. The first kappa shape index (κ1) is 48.5. The van der Waals surface area contributed by atoms with E-state index in [-0.39, 0.29) is 44.8 Å². The summed E-state index contributed by atoms with van der Waals surface area (Å²) < 4.78 is 4.32. The van der Waals surface area contributed by atoms with E-state index in [0.29, 0.717) is 0 Å². The van der Waals surface area contributed by atoms with Gasteiger partial charge in [0.2, 0.25) is 0 Å². The first-order chi connectivity index (χ1) is 30.5. The third kappa shape index (κ3) is 11.3. The number of hydrogen-bond acceptors (Lipinski definition) is 0. The van der Waals surface area contributed by atoms with Gasteiger partial charge in [-0.1, -0.05) is 109 Å². The Hall–Kier alpha value is -4.92. The fourth-order valence-electron chi connectivity index (χ4n) is 8.75. The van der Waals surface area contributed by atoms with E-state index in [1.54, 1.807) is 21.2 Å². The van der Waals surface area contributed by atoms with Crippen LogP contribution in [0.4, 0.5) is 0 Å². The van der Waals surface area contributed by atoms with Crippen LogP contribution in [-0.4, -0.2) is 21.5 Å². The SMILES string of the molecule is C1=CC([PH+](CCCC[PH+](c2ccccc2)c2ccccc2)c2ccccc2)=CCC1.[Au+].[Au+].[C-]#Cc1ccc2c3ccccc3n(C)c2c1.[C-]#Cc1ccc2c3ccccc3n(C)c2c1. The Morgan fingerprint density at radius 1 is 0.453 bits per heavy atom. The van der Waals surface area contributed by atoms with E-state index in [1.165, 1.54) is 70.6 Å². The molecule has 10 rings (SSSR count). The van der Waals surface area contributed by atoms with Crippen molar-refractivity contribution in [2.75, 3.05) is 12.3 Å². The van der Waals surface area contributed by atoms with Crippen molar-refractivity contribution in [3.05, 3.63) is 223 Å². The summed E-state index contributed by atoms with van der Waals surface area (Å²) in [5, 5.41) is 11.3. The predicted molar refractivity (Wildman–Crippen MR) is 274 cm³/mol. The Kier molecular flexibility index (Phi) is 18.1. The van der Waals surface area contributed by atoms with Gasteiger partial charge in [-0.25, -0.2) is 0 Å². The van der Waals surface area contributed by atoms with Crippen LogP contribution < -0.4 is 15.9 Å². The van der Waals surface area contributed by atoms with Crippen molar-refractivity contribution in [3.8, 4) is 11.8 Å². The van der Waals surface area contributed by atoms with Gasteiger partial charge in [-0.3, -0.25) is 11.8 Å². The number of allylic oxidation sites excluding steroid dienone is 4. The largest absolute Gasteiger partial charge is 1.00 e. The molecular weight excluding hydrogens is 1180 g/mol. The molecule has 0 bridgehead atoms. The van der Waals surface area contributed by atoms with E-state index in [1.807, 2.05) is 36.4 Å². The summed E-state index contributed by atoms with van der Waals surface area (Å²) in [7, 11) is 2.74.